The lowest BCUT2D eigenvalue weighted by atomic mass is 10.2. The second-order valence-electron chi connectivity index (χ2n) is 5.54. The molecule has 3 rings (SSSR count). The molecule has 0 aliphatic carbocycles. The van der Waals surface area contributed by atoms with Crippen molar-refractivity contribution >= 4 is 35.3 Å². The normalized spacial score (nSPS) is 15.3. The van der Waals surface area contributed by atoms with Gasteiger partial charge in [-0.1, -0.05) is 35.5 Å². The second kappa shape index (κ2) is 7.45. The maximum absolute atomic E-state index is 12.5. The van der Waals surface area contributed by atoms with E-state index in [-0.39, 0.29) is 11.9 Å². The number of hydrogen-bond donors (Lipinski definition) is 1. The molecule has 2 aromatic rings. The van der Waals surface area contributed by atoms with Crippen molar-refractivity contribution in [1.29, 1.82) is 0 Å². The number of carbonyl (C=O) groups excluding carboxylic acids is 2. The number of carbonyl (C=O) groups is 2. The molecule has 1 saturated heterocycles. The molecule has 132 valence electrons. The Morgan fingerprint density at radius 3 is 2.88 bits per heavy atom. The van der Waals surface area contributed by atoms with Gasteiger partial charge in [0.1, 0.15) is 0 Å². The molecule has 25 heavy (non-hydrogen) atoms. The predicted molar refractivity (Wildman–Crippen MR) is 96.6 cm³/mol. The molecule has 0 radical (unpaired) electrons. The lowest BCUT2D eigenvalue weighted by molar-refractivity contribution is -0.126. The maximum atomic E-state index is 12.5. The van der Waals surface area contributed by atoms with Gasteiger partial charge in [-0.15, -0.1) is 10.2 Å². The zero-order chi connectivity index (χ0) is 18.0. The molecule has 1 aromatic carbocycles. The van der Waals surface area contributed by atoms with E-state index in [1.165, 1.54) is 16.7 Å². The number of hydrogen-bond acceptors (Lipinski definition) is 5. The zero-order valence-electron chi connectivity index (χ0n) is 13.9. The van der Waals surface area contributed by atoms with Gasteiger partial charge in [0.05, 0.1) is 5.25 Å². The zero-order valence-corrected chi connectivity index (χ0v) is 15.5. The highest BCUT2D eigenvalue weighted by molar-refractivity contribution is 8.00. The largest absolute Gasteiger partial charge is 0.336 e. The number of nitrogens with one attached hydrogen (secondary N) is 1. The van der Waals surface area contributed by atoms with E-state index in [9.17, 15) is 9.59 Å². The summed E-state index contributed by atoms with van der Waals surface area (Å²) in [6.45, 7) is 5.30. The van der Waals surface area contributed by atoms with Crippen LogP contribution in [0.2, 0.25) is 5.02 Å². The Labute approximate surface area is 154 Å². The number of benzene rings is 1. The SMILES string of the molecule is CCn1c(S[C@H](C)C(=O)N2CCNC2=O)nnc1-c1cccc(Cl)c1. The molecule has 0 bridgehead atoms. The molecule has 0 unspecified atom stereocenters. The van der Waals surface area contributed by atoms with E-state index in [4.69, 9.17) is 11.6 Å². The topological polar surface area (TPSA) is 80.1 Å². The maximum Gasteiger partial charge on any atom is 0.324 e. The van der Waals surface area contributed by atoms with Crippen LogP contribution < -0.4 is 5.32 Å². The van der Waals surface area contributed by atoms with Crippen LogP contribution >= 0.6 is 23.4 Å². The van der Waals surface area contributed by atoms with E-state index < -0.39 is 5.25 Å². The first-order chi connectivity index (χ1) is 12.0. The molecule has 7 nitrogen and oxygen atoms in total. The number of rotatable bonds is 5. The van der Waals surface area contributed by atoms with Crippen molar-refractivity contribution in [2.45, 2.75) is 30.8 Å². The average Bonchev–Trinajstić information content (AvgIpc) is 3.20. The molecular weight excluding hydrogens is 362 g/mol. The van der Waals surface area contributed by atoms with Crippen molar-refractivity contribution in [2.75, 3.05) is 13.1 Å². The third kappa shape index (κ3) is 3.64. The summed E-state index contributed by atoms with van der Waals surface area (Å²) in [6.07, 6.45) is 0. The quantitative estimate of drug-likeness (QED) is 0.808. The summed E-state index contributed by atoms with van der Waals surface area (Å²) in [6, 6.07) is 7.07. The highest BCUT2D eigenvalue weighted by Crippen LogP contribution is 2.28. The Hall–Kier alpha value is -2.06. The minimum Gasteiger partial charge on any atom is -0.336 e. The molecule has 2 heterocycles. The Balaban J connectivity index is 1.81. The molecule has 1 aliphatic heterocycles. The van der Waals surface area contributed by atoms with Gasteiger partial charge in [-0.25, -0.2) is 4.79 Å². The molecule has 0 saturated carbocycles. The van der Waals surface area contributed by atoms with Crippen molar-refractivity contribution in [3.63, 3.8) is 0 Å². The molecule has 1 N–H and O–H groups in total. The summed E-state index contributed by atoms with van der Waals surface area (Å²) in [5.41, 5.74) is 0.867. The van der Waals surface area contributed by atoms with Crippen molar-refractivity contribution in [2.24, 2.45) is 0 Å². The minimum absolute atomic E-state index is 0.227. The fourth-order valence-corrected chi connectivity index (χ4v) is 3.78. The van der Waals surface area contributed by atoms with Crippen LogP contribution in [0.25, 0.3) is 11.4 Å². The number of halogens is 1. The molecule has 1 aromatic heterocycles. The summed E-state index contributed by atoms with van der Waals surface area (Å²) >= 11 is 7.36. The fraction of sp³-hybridized carbons (Fsp3) is 0.375. The first-order valence-electron chi connectivity index (χ1n) is 7.96. The van der Waals surface area contributed by atoms with Crippen LogP contribution in [0.1, 0.15) is 13.8 Å². The van der Waals surface area contributed by atoms with E-state index >= 15 is 0 Å². The number of imide groups is 1. The van der Waals surface area contributed by atoms with Crippen molar-refractivity contribution in [3.8, 4) is 11.4 Å². The van der Waals surface area contributed by atoms with Gasteiger partial charge in [0.15, 0.2) is 11.0 Å². The standard InChI is InChI=1S/C16H18ClN5O2S/c1-3-21-13(11-5-4-6-12(17)9-11)19-20-16(21)25-10(2)14(23)22-8-7-18-15(22)24/h4-6,9-10H,3,7-8H2,1-2H3,(H,18,24)/t10-/m1/s1. The highest BCUT2D eigenvalue weighted by Gasteiger charge is 2.31. The van der Waals surface area contributed by atoms with Gasteiger partial charge < -0.3 is 9.88 Å². The van der Waals surface area contributed by atoms with E-state index in [0.717, 1.165) is 5.56 Å². The van der Waals surface area contributed by atoms with Crippen molar-refractivity contribution in [3.05, 3.63) is 29.3 Å². The molecule has 1 fully saturated rings. The van der Waals surface area contributed by atoms with E-state index in [2.05, 4.69) is 15.5 Å². The van der Waals surface area contributed by atoms with Crippen LogP contribution in [-0.4, -0.2) is 49.9 Å². The summed E-state index contributed by atoms with van der Waals surface area (Å²) in [7, 11) is 0. The Kier molecular flexibility index (Phi) is 5.29. The lowest BCUT2D eigenvalue weighted by Crippen LogP contribution is -2.39. The third-order valence-electron chi connectivity index (χ3n) is 3.87. The van der Waals surface area contributed by atoms with Crippen molar-refractivity contribution < 1.29 is 9.59 Å². The van der Waals surface area contributed by atoms with Crippen LogP contribution in [0.4, 0.5) is 4.79 Å². The van der Waals surface area contributed by atoms with E-state index in [1.54, 1.807) is 13.0 Å². The summed E-state index contributed by atoms with van der Waals surface area (Å²) in [5, 5.41) is 11.9. The fourth-order valence-electron chi connectivity index (χ4n) is 2.61. The van der Waals surface area contributed by atoms with Gasteiger partial charge in [0.25, 0.3) is 0 Å². The van der Waals surface area contributed by atoms with Crippen LogP contribution in [0.15, 0.2) is 29.4 Å². The van der Waals surface area contributed by atoms with Crippen molar-refractivity contribution in [1.82, 2.24) is 25.0 Å². The third-order valence-corrected chi connectivity index (χ3v) is 5.17. The number of amides is 3. The molecular formula is C16H18ClN5O2S. The van der Waals surface area contributed by atoms with Crippen LogP contribution in [0.3, 0.4) is 0 Å². The van der Waals surface area contributed by atoms with Gasteiger partial charge in [0, 0.05) is 30.2 Å². The predicted octanol–water partition coefficient (Wildman–Crippen LogP) is 2.65. The van der Waals surface area contributed by atoms with Crippen LogP contribution in [-0.2, 0) is 11.3 Å². The Morgan fingerprint density at radius 1 is 1.44 bits per heavy atom. The highest BCUT2D eigenvalue weighted by atomic mass is 35.5. The van der Waals surface area contributed by atoms with Crippen LogP contribution in [0, 0.1) is 0 Å². The molecule has 3 amide bonds. The van der Waals surface area contributed by atoms with Gasteiger partial charge in [-0.05, 0) is 26.0 Å². The Morgan fingerprint density at radius 2 is 2.24 bits per heavy atom. The molecule has 9 heteroatoms. The first-order valence-corrected chi connectivity index (χ1v) is 9.22. The van der Waals surface area contributed by atoms with Crippen LogP contribution in [0.5, 0.6) is 0 Å². The number of nitrogens with zero attached hydrogens (tertiary/aromatic N) is 4. The molecule has 1 atom stereocenters. The van der Waals surface area contributed by atoms with Gasteiger partial charge >= 0.3 is 6.03 Å². The van der Waals surface area contributed by atoms with E-state index in [1.807, 2.05) is 29.7 Å². The first kappa shape index (κ1) is 17.8. The average molecular weight is 380 g/mol. The number of aromatic nitrogens is 3. The summed E-state index contributed by atoms with van der Waals surface area (Å²) in [4.78, 5) is 25.3. The second-order valence-corrected chi connectivity index (χ2v) is 7.29. The van der Waals surface area contributed by atoms with Gasteiger partial charge in [0.2, 0.25) is 5.91 Å². The monoisotopic (exact) mass is 379 g/mol. The number of thioether (sulfide) groups is 1. The molecule has 1 aliphatic rings. The summed E-state index contributed by atoms with van der Waals surface area (Å²) < 4.78 is 1.93. The number of urea groups is 1. The van der Waals surface area contributed by atoms with Gasteiger partial charge in [-0.3, -0.25) is 9.69 Å². The van der Waals surface area contributed by atoms with Gasteiger partial charge in [-0.2, -0.15) is 0 Å². The molecule has 0 spiro atoms. The minimum atomic E-state index is -0.439. The van der Waals surface area contributed by atoms with E-state index in [0.29, 0.717) is 35.6 Å². The summed E-state index contributed by atoms with van der Waals surface area (Å²) in [5.74, 6) is 0.473. The Bertz CT molecular complexity index is 810. The lowest BCUT2D eigenvalue weighted by Gasteiger charge is -2.17. The smallest absolute Gasteiger partial charge is 0.324 e.